The van der Waals surface area contributed by atoms with Crippen molar-refractivity contribution < 1.29 is 9.50 Å². The van der Waals surface area contributed by atoms with Crippen LogP contribution in [0.2, 0.25) is 0 Å². The number of rotatable bonds is 3. The number of hydrogen-bond donors (Lipinski definition) is 1. The average molecular weight is 255 g/mol. The molecule has 0 fully saturated rings. The van der Waals surface area contributed by atoms with Crippen molar-refractivity contribution >= 4 is 5.69 Å². The summed E-state index contributed by atoms with van der Waals surface area (Å²) in [5, 5.41) is 9.42. The third-order valence-electron chi connectivity index (χ3n) is 3.26. The van der Waals surface area contributed by atoms with Gasteiger partial charge in [-0.15, -0.1) is 0 Å². The number of hydrogen-bond acceptors (Lipinski definition) is 1. The Morgan fingerprint density at radius 3 is 2.47 bits per heavy atom. The first kappa shape index (κ1) is 13.3. The summed E-state index contributed by atoms with van der Waals surface area (Å²) in [7, 11) is 0. The summed E-state index contributed by atoms with van der Waals surface area (Å²) in [6.07, 6.45) is 0. The first-order valence-electron chi connectivity index (χ1n) is 6.02. The highest BCUT2D eigenvalue weighted by molar-refractivity contribution is 5.51. The van der Waals surface area contributed by atoms with E-state index in [2.05, 4.69) is 4.85 Å². The Bertz CT molecular complexity index is 614. The fraction of sp³-hybridized carbons (Fsp3) is 0.188. The molecular formula is C16H14FNO. The van der Waals surface area contributed by atoms with Crippen LogP contribution in [0.3, 0.4) is 0 Å². The molecule has 1 atom stereocenters. The first-order valence-corrected chi connectivity index (χ1v) is 6.02. The molecule has 19 heavy (non-hydrogen) atoms. The Hall–Kier alpha value is -2.18. The summed E-state index contributed by atoms with van der Waals surface area (Å²) in [5.74, 6) is -0.218. The molecule has 0 aliphatic heterocycles. The standard InChI is InChI=1S/C16H14FNO/c1-11(12-3-5-14(17)6-4-12)16-8-7-15(18-2)9-13(16)10-19/h3-9,11,19H,10H2,1H3. The maximum absolute atomic E-state index is 12.9. The molecule has 96 valence electrons. The summed E-state index contributed by atoms with van der Waals surface area (Å²) in [6.45, 7) is 8.88. The summed E-state index contributed by atoms with van der Waals surface area (Å²) in [5.41, 5.74) is 3.19. The minimum absolute atomic E-state index is 0.0440. The van der Waals surface area contributed by atoms with Crippen LogP contribution in [0.15, 0.2) is 42.5 Å². The van der Waals surface area contributed by atoms with Crippen molar-refractivity contribution in [2.45, 2.75) is 19.4 Å². The van der Waals surface area contributed by atoms with E-state index in [1.54, 1.807) is 24.3 Å². The molecule has 0 saturated carbocycles. The molecule has 0 aromatic heterocycles. The molecule has 2 nitrogen and oxygen atoms in total. The van der Waals surface area contributed by atoms with E-state index in [4.69, 9.17) is 6.57 Å². The van der Waals surface area contributed by atoms with Crippen LogP contribution in [0.5, 0.6) is 0 Å². The number of aliphatic hydroxyl groups is 1. The molecule has 0 heterocycles. The van der Waals surface area contributed by atoms with Crippen LogP contribution in [0.1, 0.15) is 29.5 Å². The summed E-state index contributed by atoms with van der Waals surface area (Å²) in [4.78, 5) is 3.35. The fourth-order valence-corrected chi connectivity index (χ4v) is 2.15. The molecule has 2 aromatic rings. The van der Waals surface area contributed by atoms with Gasteiger partial charge in [0.15, 0.2) is 5.69 Å². The van der Waals surface area contributed by atoms with Crippen molar-refractivity contribution in [2.24, 2.45) is 0 Å². The lowest BCUT2D eigenvalue weighted by Gasteiger charge is -2.16. The Balaban J connectivity index is 2.41. The largest absolute Gasteiger partial charge is 0.392 e. The van der Waals surface area contributed by atoms with Crippen molar-refractivity contribution in [2.75, 3.05) is 0 Å². The van der Waals surface area contributed by atoms with Gasteiger partial charge in [-0.05, 0) is 28.8 Å². The van der Waals surface area contributed by atoms with Gasteiger partial charge in [-0.1, -0.05) is 37.3 Å². The zero-order valence-corrected chi connectivity index (χ0v) is 10.6. The smallest absolute Gasteiger partial charge is 0.187 e. The zero-order chi connectivity index (χ0) is 13.8. The van der Waals surface area contributed by atoms with Gasteiger partial charge in [0.1, 0.15) is 5.82 Å². The van der Waals surface area contributed by atoms with Gasteiger partial charge in [0.05, 0.1) is 13.2 Å². The summed E-state index contributed by atoms with van der Waals surface area (Å²) >= 11 is 0. The van der Waals surface area contributed by atoms with E-state index < -0.39 is 0 Å². The minimum atomic E-state index is -0.262. The Morgan fingerprint density at radius 1 is 1.21 bits per heavy atom. The van der Waals surface area contributed by atoms with Crippen LogP contribution in [-0.4, -0.2) is 5.11 Å². The van der Waals surface area contributed by atoms with Crippen LogP contribution in [-0.2, 0) is 6.61 Å². The molecule has 0 aliphatic rings. The lowest BCUT2D eigenvalue weighted by molar-refractivity contribution is 0.280. The van der Waals surface area contributed by atoms with Crippen molar-refractivity contribution in [1.29, 1.82) is 0 Å². The molecule has 1 N–H and O–H groups in total. The van der Waals surface area contributed by atoms with E-state index in [1.165, 1.54) is 12.1 Å². The van der Waals surface area contributed by atoms with E-state index in [9.17, 15) is 9.50 Å². The summed E-state index contributed by atoms with van der Waals surface area (Å²) in [6, 6.07) is 11.6. The van der Waals surface area contributed by atoms with Gasteiger partial charge in [0.2, 0.25) is 0 Å². The van der Waals surface area contributed by atoms with Crippen LogP contribution >= 0.6 is 0 Å². The van der Waals surface area contributed by atoms with E-state index in [0.29, 0.717) is 5.69 Å². The van der Waals surface area contributed by atoms with Crippen molar-refractivity contribution in [1.82, 2.24) is 0 Å². The van der Waals surface area contributed by atoms with Crippen LogP contribution in [0, 0.1) is 12.4 Å². The predicted molar refractivity (Wildman–Crippen MR) is 72.5 cm³/mol. The molecule has 0 radical (unpaired) electrons. The average Bonchev–Trinajstić information content (AvgIpc) is 2.46. The Morgan fingerprint density at radius 2 is 1.89 bits per heavy atom. The van der Waals surface area contributed by atoms with Crippen molar-refractivity contribution in [3.05, 3.63) is 76.4 Å². The second-order valence-corrected chi connectivity index (χ2v) is 4.43. The van der Waals surface area contributed by atoms with Crippen LogP contribution < -0.4 is 0 Å². The molecular weight excluding hydrogens is 241 g/mol. The first-order chi connectivity index (χ1) is 9.15. The quantitative estimate of drug-likeness (QED) is 0.823. The topological polar surface area (TPSA) is 24.6 Å². The van der Waals surface area contributed by atoms with Gasteiger partial charge in [-0.2, -0.15) is 0 Å². The van der Waals surface area contributed by atoms with Crippen molar-refractivity contribution in [3.8, 4) is 0 Å². The Kier molecular flexibility index (Phi) is 3.94. The number of nitrogens with zero attached hydrogens (tertiary/aromatic N) is 1. The van der Waals surface area contributed by atoms with E-state index in [0.717, 1.165) is 16.7 Å². The highest BCUT2D eigenvalue weighted by Gasteiger charge is 2.13. The molecule has 0 spiro atoms. The number of halogens is 1. The van der Waals surface area contributed by atoms with E-state index in [1.807, 2.05) is 13.0 Å². The lowest BCUT2D eigenvalue weighted by Crippen LogP contribution is -2.01. The zero-order valence-electron chi connectivity index (χ0n) is 10.6. The maximum Gasteiger partial charge on any atom is 0.187 e. The van der Waals surface area contributed by atoms with E-state index in [-0.39, 0.29) is 18.3 Å². The molecule has 2 rings (SSSR count). The van der Waals surface area contributed by atoms with Crippen molar-refractivity contribution in [3.63, 3.8) is 0 Å². The third kappa shape index (κ3) is 2.81. The van der Waals surface area contributed by atoms with Crippen LogP contribution in [0.25, 0.3) is 4.85 Å². The van der Waals surface area contributed by atoms with Gasteiger partial charge in [-0.25, -0.2) is 9.24 Å². The van der Waals surface area contributed by atoms with Gasteiger partial charge in [0.25, 0.3) is 0 Å². The molecule has 3 heteroatoms. The molecule has 2 aromatic carbocycles. The van der Waals surface area contributed by atoms with Gasteiger partial charge >= 0.3 is 0 Å². The summed E-state index contributed by atoms with van der Waals surface area (Å²) < 4.78 is 12.9. The molecule has 1 unspecified atom stereocenters. The maximum atomic E-state index is 12.9. The van der Waals surface area contributed by atoms with Gasteiger partial charge in [0, 0.05) is 5.92 Å². The second-order valence-electron chi connectivity index (χ2n) is 4.43. The predicted octanol–water partition coefficient (Wildman–Crippen LogP) is 4.02. The molecule has 0 aliphatic carbocycles. The number of aliphatic hydroxyl groups excluding tert-OH is 1. The molecule has 0 bridgehead atoms. The fourth-order valence-electron chi connectivity index (χ4n) is 2.15. The third-order valence-corrected chi connectivity index (χ3v) is 3.26. The highest BCUT2D eigenvalue weighted by atomic mass is 19.1. The van der Waals surface area contributed by atoms with Gasteiger partial charge in [-0.3, -0.25) is 0 Å². The van der Waals surface area contributed by atoms with Crippen LogP contribution in [0.4, 0.5) is 10.1 Å². The Labute approximate surface area is 112 Å². The molecule has 0 saturated heterocycles. The number of benzene rings is 2. The van der Waals surface area contributed by atoms with E-state index >= 15 is 0 Å². The van der Waals surface area contributed by atoms with Gasteiger partial charge < -0.3 is 5.11 Å². The second kappa shape index (κ2) is 5.64. The lowest BCUT2D eigenvalue weighted by atomic mass is 9.89. The SMILES string of the molecule is [C-]#[N+]c1ccc(C(C)c2ccc(F)cc2)c(CO)c1. The highest BCUT2D eigenvalue weighted by Crippen LogP contribution is 2.29. The minimum Gasteiger partial charge on any atom is -0.392 e. The normalized spacial score (nSPS) is 11.9. The molecule has 0 amide bonds. The monoisotopic (exact) mass is 255 g/mol.